The van der Waals surface area contributed by atoms with Crippen molar-refractivity contribution in [1.29, 1.82) is 0 Å². The third-order valence-corrected chi connectivity index (χ3v) is 3.63. The maximum atomic E-state index is 12.2. The molecule has 2 fully saturated rings. The summed E-state index contributed by atoms with van der Waals surface area (Å²) in [7, 11) is 1.76. The van der Waals surface area contributed by atoms with Gasteiger partial charge in [0.1, 0.15) is 0 Å². The summed E-state index contributed by atoms with van der Waals surface area (Å²) in [5.74, 6) is 0.220. The van der Waals surface area contributed by atoms with Gasteiger partial charge in [0.2, 0.25) is 11.8 Å². The van der Waals surface area contributed by atoms with E-state index in [1.807, 2.05) is 0 Å². The highest BCUT2D eigenvalue weighted by molar-refractivity contribution is 5.91. The number of carbonyl (C=O) groups is 2. The van der Waals surface area contributed by atoms with Crippen molar-refractivity contribution in [1.82, 2.24) is 9.80 Å². The second kappa shape index (κ2) is 3.73. The fourth-order valence-electron chi connectivity index (χ4n) is 2.13. The Labute approximate surface area is 95.6 Å². The van der Waals surface area contributed by atoms with Crippen LogP contribution < -0.4 is 5.73 Å². The van der Waals surface area contributed by atoms with Crippen molar-refractivity contribution >= 4 is 11.8 Å². The maximum absolute atomic E-state index is 12.2. The minimum atomic E-state index is -0.782. The van der Waals surface area contributed by atoms with Gasteiger partial charge in [-0.2, -0.15) is 0 Å². The number of carbonyl (C=O) groups excluding carboxylic acids is 2. The summed E-state index contributed by atoms with van der Waals surface area (Å²) in [4.78, 5) is 26.9. The molecule has 0 aromatic heterocycles. The van der Waals surface area contributed by atoms with Crippen molar-refractivity contribution in [2.75, 3.05) is 26.7 Å². The number of hydrogen-bond acceptors (Lipinski definition) is 3. The molecule has 0 aromatic rings. The number of likely N-dealkylation sites (N-methyl/N-ethyl adjacent to an activating group) is 1. The minimum Gasteiger partial charge on any atom is -0.342 e. The Morgan fingerprint density at radius 1 is 1.44 bits per heavy atom. The van der Waals surface area contributed by atoms with Gasteiger partial charge in [-0.15, -0.1) is 0 Å². The summed E-state index contributed by atoms with van der Waals surface area (Å²) in [5, 5.41) is 0. The van der Waals surface area contributed by atoms with E-state index in [0.717, 1.165) is 12.8 Å². The Kier molecular flexibility index (Phi) is 2.66. The average Bonchev–Trinajstić information content (AvgIpc) is 3.04. The van der Waals surface area contributed by atoms with E-state index in [9.17, 15) is 9.59 Å². The fraction of sp³-hybridized carbons (Fsp3) is 0.818. The summed E-state index contributed by atoms with van der Waals surface area (Å²) < 4.78 is 0. The smallest absolute Gasteiger partial charge is 0.243 e. The summed E-state index contributed by atoms with van der Waals surface area (Å²) in [5.41, 5.74) is 5.28. The van der Waals surface area contributed by atoms with Crippen LogP contribution in [-0.4, -0.2) is 53.8 Å². The van der Waals surface area contributed by atoms with Gasteiger partial charge in [-0.05, 0) is 25.7 Å². The summed E-state index contributed by atoms with van der Waals surface area (Å²) >= 11 is 0. The molecule has 5 nitrogen and oxygen atoms in total. The number of nitrogens with zero attached hydrogens (tertiary/aromatic N) is 2. The average molecular weight is 225 g/mol. The molecule has 16 heavy (non-hydrogen) atoms. The van der Waals surface area contributed by atoms with Gasteiger partial charge in [0.05, 0.1) is 12.1 Å². The van der Waals surface area contributed by atoms with Crippen molar-refractivity contribution in [3.63, 3.8) is 0 Å². The topological polar surface area (TPSA) is 66.6 Å². The number of piperazine rings is 1. The summed E-state index contributed by atoms with van der Waals surface area (Å²) in [6.07, 6.45) is 2.06. The Morgan fingerprint density at radius 3 is 2.56 bits per heavy atom. The monoisotopic (exact) mass is 225 g/mol. The van der Waals surface area contributed by atoms with Gasteiger partial charge in [-0.25, -0.2) is 0 Å². The zero-order chi connectivity index (χ0) is 11.9. The first-order valence-corrected chi connectivity index (χ1v) is 5.75. The Bertz CT molecular complexity index is 323. The largest absolute Gasteiger partial charge is 0.342 e. The van der Waals surface area contributed by atoms with Crippen LogP contribution in [0.1, 0.15) is 19.8 Å². The number of nitrogens with two attached hydrogens (primary N) is 1. The van der Waals surface area contributed by atoms with Crippen molar-refractivity contribution < 1.29 is 9.59 Å². The molecule has 1 saturated carbocycles. The molecule has 0 spiro atoms. The molecule has 1 heterocycles. The number of rotatable bonds is 2. The van der Waals surface area contributed by atoms with E-state index in [2.05, 4.69) is 0 Å². The van der Waals surface area contributed by atoms with E-state index in [0.29, 0.717) is 19.0 Å². The minimum absolute atomic E-state index is 0.00815. The van der Waals surface area contributed by atoms with Gasteiger partial charge in [0.25, 0.3) is 0 Å². The molecule has 1 aliphatic heterocycles. The normalized spacial score (nSPS) is 25.6. The van der Waals surface area contributed by atoms with Crippen LogP contribution in [0.5, 0.6) is 0 Å². The van der Waals surface area contributed by atoms with Crippen LogP contribution in [0.3, 0.4) is 0 Å². The Morgan fingerprint density at radius 2 is 2.06 bits per heavy atom. The molecule has 2 amide bonds. The first-order chi connectivity index (χ1) is 7.43. The Hall–Kier alpha value is -1.10. The fourth-order valence-corrected chi connectivity index (χ4v) is 2.13. The molecule has 5 heteroatoms. The van der Waals surface area contributed by atoms with E-state index in [-0.39, 0.29) is 18.4 Å². The van der Waals surface area contributed by atoms with Crippen LogP contribution in [0.4, 0.5) is 0 Å². The standard InChI is InChI=1S/C11H19N3O2/c1-11(12,8-3-4-8)10(16)14-6-5-13(2)9(15)7-14/h8H,3-7,12H2,1-2H3. The number of amides is 2. The molecule has 0 bridgehead atoms. The highest BCUT2D eigenvalue weighted by Crippen LogP contribution is 2.39. The molecule has 1 atom stereocenters. The van der Waals surface area contributed by atoms with Gasteiger partial charge < -0.3 is 15.5 Å². The molecule has 1 unspecified atom stereocenters. The van der Waals surface area contributed by atoms with Crippen molar-refractivity contribution in [3.8, 4) is 0 Å². The van der Waals surface area contributed by atoms with Crippen LogP contribution in [0.15, 0.2) is 0 Å². The van der Waals surface area contributed by atoms with E-state index >= 15 is 0 Å². The molecular formula is C11H19N3O2. The maximum Gasteiger partial charge on any atom is 0.243 e. The lowest BCUT2D eigenvalue weighted by Crippen LogP contribution is -2.60. The second-order valence-electron chi connectivity index (χ2n) is 5.10. The highest BCUT2D eigenvalue weighted by atomic mass is 16.2. The molecule has 2 rings (SSSR count). The SMILES string of the molecule is CN1CCN(C(=O)C(C)(N)C2CC2)CC1=O. The molecular weight excluding hydrogens is 206 g/mol. The second-order valence-corrected chi connectivity index (χ2v) is 5.10. The van der Waals surface area contributed by atoms with Gasteiger partial charge in [-0.1, -0.05) is 0 Å². The van der Waals surface area contributed by atoms with E-state index in [4.69, 9.17) is 5.73 Å². The third kappa shape index (κ3) is 1.91. The first-order valence-electron chi connectivity index (χ1n) is 5.75. The molecule has 0 aromatic carbocycles. The van der Waals surface area contributed by atoms with Crippen LogP contribution in [0.2, 0.25) is 0 Å². The van der Waals surface area contributed by atoms with Gasteiger partial charge in [-0.3, -0.25) is 9.59 Å². The molecule has 1 saturated heterocycles. The van der Waals surface area contributed by atoms with Crippen LogP contribution in [0.25, 0.3) is 0 Å². The van der Waals surface area contributed by atoms with Crippen molar-refractivity contribution in [2.45, 2.75) is 25.3 Å². The summed E-state index contributed by atoms with van der Waals surface area (Å²) in [6, 6.07) is 0. The number of hydrogen-bond donors (Lipinski definition) is 1. The third-order valence-electron chi connectivity index (χ3n) is 3.63. The van der Waals surface area contributed by atoms with Gasteiger partial charge in [0.15, 0.2) is 0 Å². The van der Waals surface area contributed by atoms with Crippen LogP contribution in [-0.2, 0) is 9.59 Å². The van der Waals surface area contributed by atoms with Crippen LogP contribution in [0, 0.1) is 5.92 Å². The highest BCUT2D eigenvalue weighted by Gasteiger charge is 2.46. The lowest BCUT2D eigenvalue weighted by Gasteiger charge is -2.36. The predicted octanol–water partition coefficient (Wildman–Crippen LogP) is -0.586. The first kappa shape index (κ1) is 11.4. The van der Waals surface area contributed by atoms with Crippen molar-refractivity contribution in [2.24, 2.45) is 11.7 Å². The van der Waals surface area contributed by atoms with E-state index in [1.165, 1.54) is 0 Å². The van der Waals surface area contributed by atoms with Gasteiger partial charge in [0, 0.05) is 20.1 Å². The lowest BCUT2D eigenvalue weighted by molar-refractivity contribution is -0.147. The van der Waals surface area contributed by atoms with E-state index in [1.54, 1.807) is 23.8 Å². The lowest BCUT2D eigenvalue weighted by atomic mass is 9.95. The molecule has 0 radical (unpaired) electrons. The molecule has 2 N–H and O–H groups in total. The molecule has 90 valence electrons. The van der Waals surface area contributed by atoms with Crippen molar-refractivity contribution in [3.05, 3.63) is 0 Å². The van der Waals surface area contributed by atoms with Crippen LogP contribution >= 0.6 is 0 Å². The van der Waals surface area contributed by atoms with E-state index < -0.39 is 5.54 Å². The quantitative estimate of drug-likeness (QED) is 0.683. The molecule has 2 aliphatic rings. The van der Waals surface area contributed by atoms with Gasteiger partial charge >= 0.3 is 0 Å². The Balaban J connectivity index is 2.02. The summed E-state index contributed by atoms with van der Waals surface area (Å²) in [6.45, 7) is 3.16. The molecule has 1 aliphatic carbocycles. The zero-order valence-electron chi connectivity index (χ0n) is 9.90. The zero-order valence-corrected chi connectivity index (χ0v) is 9.90. The predicted molar refractivity (Wildman–Crippen MR) is 59.5 cm³/mol.